The second kappa shape index (κ2) is 5.34. The molecule has 16 heavy (non-hydrogen) atoms. The standard InChI is InChI=1S/C12H13IN2O/c1-15-7-6-14-12(15)5-8-16-11-4-2-3-10(13)9-11/h2-4,6-7,9H,5,8H2,1H3. The molecule has 1 heterocycles. The van der Waals surface area contributed by atoms with Gasteiger partial charge >= 0.3 is 0 Å². The summed E-state index contributed by atoms with van der Waals surface area (Å²) in [5.74, 6) is 1.96. The minimum Gasteiger partial charge on any atom is -0.493 e. The summed E-state index contributed by atoms with van der Waals surface area (Å²) in [7, 11) is 1.99. The van der Waals surface area contributed by atoms with E-state index in [1.807, 2.05) is 42.1 Å². The van der Waals surface area contributed by atoms with Crippen LogP contribution in [0.25, 0.3) is 0 Å². The number of halogens is 1. The van der Waals surface area contributed by atoms with Gasteiger partial charge in [-0.25, -0.2) is 4.98 Å². The fourth-order valence-electron chi connectivity index (χ4n) is 1.45. The van der Waals surface area contributed by atoms with Crippen LogP contribution in [-0.2, 0) is 13.5 Å². The van der Waals surface area contributed by atoms with Crippen LogP contribution in [0.4, 0.5) is 0 Å². The summed E-state index contributed by atoms with van der Waals surface area (Å²) >= 11 is 2.28. The molecule has 4 heteroatoms. The number of aromatic nitrogens is 2. The normalized spacial score (nSPS) is 10.4. The van der Waals surface area contributed by atoms with E-state index in [1.165, 1.54) is 3.57 Å². The highest BCUT2D eigenvalue weighted by atomic mass is 127. The Kier molecular flexibility index (Phi) is 3.82. The maximum atomic E-state index is 5.66. The van der Waals surface area contributed by atoms with Crippen LogP contribution in [0, 0.1) is 3.57 Å². The van der Waals surface area contributed by atoms with Gasteiger partial charge in [-0.15, -0.1) is 0 Å². The number of aryl methyl sites for hydroxylation is 1. The summed E-state index contributed by atoms with van der Waals surface area (Å²) in [5.41, 5.74) is 0. The molecule has 2 rings (SSSR count). The fraction of sp³-hybridized carbons (Fsp3) is 0.250. The molecule has 1 aromatic carbocycles. The lowest BCUT2D eigenvalue weighted by Gasteiger charge is -2.06. The zero-order valence-electron chi connectivity index (χ0n) is 9.06. The van der Waals surface area contributed by atoms with Crippen LogP contribution in [-0.4, -0.2) is 16.2 Å². The van der Waals surface area contributed by atoms with Crippen molar-refractivity contribution >= 4 is 22.6 Å². The zero-order valence-corrected chi connectivity index (χ0v) is 11.2. The highest BCUT2D eigenvalue weighted by molar-refractivity contribution is 14.1. The van der Waals surface area contributed by atoms with E-state index >= 15 is 0 Å². The summed E-state index contributed by atoms with van der Waals surface area (Å²) in [6, 6.07) is 8.05. The largest absolute Gasteiger partial charge is 0.493 e. The lowest BCUT2D eigenvalue weighted by molar-refractivity contribution is 0.317. The van der Waals surface area contributed by atoms with Crippen molar-refractivity contribution in [1.82, 2.24) is 9.55 Å². The summed E-state index contributed by atoms with van der Waals surface area (Å²) in [4.78, 5) is 4.25. The van der Waals surface area contributed by atoms with E-state index in [0.717, 1.165) is 18.0 Å². The molecule has 0 radical (unpaired) electrons. The van der Waals surface area contributed by atoms with Gasteiger partial charge in [0.05, 0.1) is 6.61 Å². The van der Waals surface area contributed by atoms with Crippen molar-refractivity contribution in [2.75, 3.05) is 6.61 Å². The molecule has 0 atom stereocenters. The summed E-state index contributed by atoms with van der Waals surface area (Å²) < 4.78 is 8.86. The minimum absolute atomic E-state index is 0.658. The van der Waals surface area contributed by atoms with Gasteiger partial charge in [-0.1, -0.05) is 6.07 Å². The number of hydrogen-bond donors (Lipinski definition) is 0. The molecule has 84 valence electrons. The summed E-state index contributed by atoms with van der Waals surface area (Å²) in [5, 5.41) is 0. The number of ether oxygens (including phenoxy) is 1. The molecule has 3 nitrogen and oxygen atoms in total. The Labute approximate surface area is 109 Å². The van der Waals surface area contributed by atoms with E-state index in [-0.39, 0.29) is 0 Å². The lowest BCUT2D eigenvalue weighted by Crippen LogP contribution is -2.06. The van der Waals surface area contributed by atoms with E-state index in [9.17, 15) is 0 Å². The quantitative estimate of drug-likeness (QED) is 0.807. The van der Waals surface area contributed by atoms with Crippen molar-refractivity contribution in [3.63, 3.8) is 0 Å². The van der Waals surface area contributed by atoms with Crippen LogP contribution in [0.3, 0.4) is 0 Å². The third-order valence-corrected chi connectivity index (χ3v) is 2.98. The highest BCUT2D eigenvalue weighted by Gasteiger charge is 2.00. The molecular formula is C12H13IN2O. The Balaban J connectivity index is 1.87. The smallest absolute Gasteiger partial charge is 0.120 e. The topological polar surface area (TPSA) is 27.1 Å². The van der Waals surface area contributed by atoms with Crippen LogP contribution >= 0.6 is 22.6 Å². The van der Waals surface area contributed by atoms with Gasteiger partial charge in [0.1, 0.15) is 11.6 Å². The molecule has 0 bridgehead atoms. The Bertz CT molecular complexity index is 468. The number of hydrogen-bond acceptors (Lipinski definition) is 2. The molecule has 0 unspecified atom stereocenters. The van der Waals surface area contributed by atoms with Gasteiger partial charge in [0.25, 0.3) is 0 Å². The number of benzene rings is 1. The molecule has 0 saturated heterocycles. The zero-order chi connectivity index (χ0) is 11.4. The van der Waals surface area contributed by atoms with Crippen LogP contribution in [0.2, 0.25) is 0 Å². The predicted octanol–water partition coefficient (Wildman–Crippen LogP) is 2.65. The third-order valence-electron chi connectivity index (χ3n) is 2.31. The van der Waals surface area contributed by atoms with Gasteiger partial charge in [-0.05, 0) is 40.8 Å². The summed E-state index contributed by atoms with van der Waals surface area (Å²) in [6.45, 7) is 0.658. The number of imidazole rings is 1. The highest BCUT2D eigenvalue weighted by Crippen LogP contribution is 2.14. The fourth-order valence-corrected chi connectivity index (χ4v) is 1.97. The van der Waals surface area contributed by atoms with E-state index in [1.54, 1.807) is 6.20 Å². The molecule has 0 N–H and O–H groups in total. The van der Waals surface area contributed by atoms with Crippen molar-refractivity contribution in [3.05, 3.63) is 46.1 Å². The maximum Gasteiger partial charge on any atom is 0.120 e. The molecule has 0 saturated carbocycles. The first-order valence-electron chi connectivity index (χ1n) is 5.10. The molecule has 0 amide bonds. The Hall–Kier alpha value is -1.04. The maximum absolute atomic E-state index is 5.66. The van der Waals surface area contributed by atoms with Gasteiger partial charge in [-0.2, -0.15) is 0 Å². The van der Waals surface area contributed by atoms with E-state index in [4.69, 9.17) is 4.74 Å². The average molecular weight is 328 g/mol. The van der Waals surface area contributed by atoms with Gasteiger partial charge in [0, 0.05) is 29.4 Å². The Morgan fingerprint density at radius 3 is 3.00 bits per heavy atom. The Morgan fingerprint density at radius 1 is 1.44 bits per heavy atom. The van der Waals surface area contributed by atoms with Crippen molar-refractivity contribution in [2.45, 2.75) is 6.42 Å². The molecule has 0 spiro atoms. The molecule has 2 aromatic rings. The number of rotatable bonds is 4. The number of nitrogens with zero attached hydrogens (tertiary/aromatic N) is 2. The second-order valence-electron chi connectivity index (χ2n) is 3.51. The lowest BCUT2D eigenvalue weighted by atomic mass is 10.3. The van der Waals surface area contributed by atoms with Gasteiger partial charge in [-0.3, -0.25) is 0 Å². The molecule has 1 aromatic heterocycles. The van der Waals surface area contributed by atoms with E-state index in [2.05, 4.69) is 27.6 Å². The van der Waals surface area contributed by atoms with Crippen molar-refractivity contribution in [3.8, 4) is 5.75 Å². The monoisotopic (exact) mass is 328 g/mol. The second-order valence-corrected chi connectivity index (χ2v) is 4.76. The predicted molar refractivity (Wildman–Crippen MR) is 71.6 cm³/mol. The first kappa shape index (κ1) is 11.4. The van der Waals surface area contributed by atoms with Crippen LogP contribution < -0.4 is 4.74 Å². The minimum atomic E-state index is 0.658. The van der Waals surface area contributed by atoms with Crippen molar-refractivity contribution in [1.29, 1.82) is 0 Å². The summed E-state index contributed by atoms with van der Waals surface area (Å²) in [6.07, 6.45) is 4.58. The molecule has 0 aliphatic heterocycles. The SMILES string of the molecule is Cn1ccnc1CCOc1cccc(I)c1. The first-order valence-corrected chi connectivity index (χ1v) is 6.18. The van der Waals surface area contributed by atoms with Crippen LogP contribution in [0.5, 0.6) is 5.75 Å². The van der Waals surface area contributed by atoms with Crippen LogP contribution in [0.1, 0.15) is 5.82 Å². The molecule has 0 fully saturated rings. The van der Waals surface area contributed by atoms with Crippen molar-refractivity contribution < 1.29 is 4.74 Å². The average Bonchev–Trinajstić information content (AvgIpc) is 2.65. The van der Waals surface area contributed by atoms with Gasteiger partial charge < -0.3 is 9.30 Å². The van der Waals surface area contributed by atoms with Gasteiger partial charge in [0.15, 0.2) is 0 Å². The Morgan fingerprint density at radius 2 is 2.31 bits per heavy atom. The van der Waals surface area contributed by atoms with Crippen molar-refractivity contribution in [2.24, 2.45) is 7.05 Å². The van der Waals surface area contributed by atoms with Gasteiger partial charge in [0.2, 0.25) is 0 Å². The molecular weight excluding hydrogens is 315 g/mol. The van der Waals surface area contributed by atoms with Crippen LogP contribution in [0.15, 0.2) is 36.7 Å². The van der Waals surface area contributed by atoms with E-state index < -0.39 is 0 Å². The van der Waals surface area contributed by atoms with E-state index in [0.29, 0.717) is 6.61 Å². The molecule has 0 aliphatic carbocycles. The first-order chi connectivity index (χ1) is 7.75. The molecule has 0 aliphatic rings. The third kappa shape index (κ3) is 2.98.